The van der Waals surface area contributed by atoms with Crippen molar-refractivity contribution in [2.45, 2.75) is 33.8 Å². The number of aldehydes is 1. The molecule has 1 atom stereocenters. The lowest BCUT2D eigenvalue weighted by Crippen LogP contribution is -2.18. The third-order valence-corrected chi connectivity index (χ3v) is 7.02. The number of nitrogens with zero attached hydrogens (tertiary/aromatic N) is 2. The van der Waals surface area contributed by atoms with Crippen LogP contribution in [0.2, 0.25) is 10.0 Å². The molecular formula is C29H25Cl2N3O3. The van der Waals surface area contributed by atoms with Crippen LogP contribution < -0.4 is 0 Å². The Morgan fingerprint density at radius 3 is 2.30 bits per heavy atom. The molecule has 3 aromatic heterocycles. The number of H-pyrrole nitrogens is 1. The number of hydrogen-bond acceptors (Lipinski definition) is 5. The van der Waals surface area contributed by atoms with Gasteiger partial charge in [0.05, 0.1) is 27.9 Å². The smallest absolute Gasteiger partial charge is 0.227 e. The minimum Gasteiger partial charge on any atom is -0.439 e. The number of aromatic nitrogens is 3. The summed E-state index contributed by atoms with van der Waals surface area (Å²) in [5.41, 5.74) is 5.67. The molecule has 0 aliphatic heterocycles. The predicted molar refractivity (Wildman–Crippen MR) is 147 cm³/mol. The number of fused-ring (bicyclic) bond motifs is 1. The highest BCUT2D eigenvalue weighted by Crippen LogP contribution is 2.42. The summed E-state index contributed by atoms with van der Waals surface area (Å²) in [6.07, 6.45) is 1.47. The topological polar surface area (TPSA) is 92.0 Å². The van der Waals surface area contributed by atoms with E-state index in [2.05, 4.69) is 10.2 Å². The van der Waals surface area contributed by atoms with Gasteiger partial charge in [-0.05, 0) is 47.7 Å². The van der Waals surface area contributed by atoms with Gasteiger partial charge in [-0.1, -0.05) is 68.2 Å². The number of carbonyl (C=O) groups excluding carboxylic acids is 1. The van der Waals surface area contributed by atoms with E-state index in [4.69, 9.17) is 32.6 Å². The van der Waals surface area contributed by atoms with Crippen molar-refractivity contribution in [3.8, 4) is 33.5 Å². The molecule has 3 heterocycles. The van der Waals surface area contributed by atoms with Gasteiger partial charge in [0.25, 0.3) is 0 Å². The molecule has 6 nitrogen and oxygen atoms in total. The van der Waals surface area contributed by atoms with E-state index in [0.717, 1.165) is 27.9 Å². The van der Waals surface area contributed by atoms with E-state index in [1.165, 1.54) is 0 Å². The van der Waals surface area contributed by atoms with Gasteiger partial charge >= 0.3 is 0 Å². The molecular weight excluding hydrogens is 509 g/mol. The largest absolute Gasteiger partial charge is 0.439 e. The summed E-state index contributed by atoms with van der Waals surface area (Å²) in [6.45, 7) is 7.57. The van der Waals surface area contributed by atoms with Gasteiger partial charge in [-0.25, -0.2) is 4.98 Å². The molecule has 0 fully saturated rings. The number of pyridine rings is 1. The summed E-state index contributed by atoms with van der Waals surface area (Å²) >= 11 is 13.0. The Morgan fingerprint density at radius 2 is 1.70 bits per heavy atom. The molecule has 1 unspecified atom stereocenters. The lowest BCUT2D eigenvalue weighted by atomic mass is 9.86. The Labute approximate surface area is 224 Å². The van der Waals surface area contributed by atoms with Crippen LogP contribution in [0.4, 0.5) is 0 Å². The summed E-state index contributed by atoms with van der Waals surface area (Å²) in [6, 6.07) is 15.0. The fraction of sp³-hybridized carbons (Fsp3) is 0.207. The van der Waals surface area contributed by atoms with Crippen LogP contribution in [0.1, 0.15) is 48.7 Å². The number of aliphatic hydroxyl groups excluding tert-OH is 1. The number of aryl methyl sites for hydroxylation is 1. The molecule has 0 bridgehead atoms. The number of rotatable bonds is 5. The van der Waals surface area contributed by atoms with Crippen molar-refractivity contribution in [3.63, 3.8) is 0 Å². The van der Waals surface area contributed by atoms with Crippen molar-refractivity contribution in [1.82, 2.24) is 15.2 Å². The van der Waals surface area contributed by atoms with Crippen LogP contribution in [0.15, 0.2) is 59.1 Å². The van der Waals surface area contributed by atoms with E-state index in [-0.39, 0.29) is 17.0 Å². The Hall–Kier alpha value is -3.45. The zero-order chi connectivity index (χ0) is 26.5. The zero-order valence-corrected chi connectivity index (χ0v) is 22.3. The number of hydrogen-bond donors (Lipinski definition) is 2. The number of aliphatic hydroxyl groups is 1. The quantitative estimate of drug-likeness (QED) is 0.223. The van der Waals surface area contributed by atoms with Gasteiger partial charge in [-0.2, -0.15) is 5.10 Å². The van der Waals surface area contributed by atoms with Crippen LogP contribution >= 0.6 is 23.2 Å². The molecule has 0 radical (unpaired) electrons. The highest BCUT2D eigenvalue weighted by atomic mass is 35.5. The van der Waals surface area contributed by atoms with Gasteiger partial charge in [-0.3, -0.25) is 9.89 Å². The van der Waals surface area contributed by atoms with Gasteiger partial charge in [0.1, 0.15) is 11.9 Å². The molecule has 188 valence electrons. The van der Waals surface area contributed by atoms with Gasteiger partial charge in [0, 0.05) is 27.4 Å². The third-order valence-electron chi connectivity index (χ3n) is 6.46. The highest BCUT2D eigenvalue weighted by Gasteiger charge is 2.31. The predicted octanol–water partition coefficient (Wildman–Crippen LogP) is 8.06. The normalized spacial score (nSPS) is 12.7. The van der Waals surface area contributed by atoms with E-state index in [1.54, 1.807) is 18.3 Å². The molecule has 0 saturated carbocycles. The fourth-order valence-electron chi connectivity index (χ4n) is 4.35. The average Bonchev–Trinajstić information content (AvgIpc) is 3.45. The molecule has 0 aliphatic carbocycles. The molecule has 2 aromatic carbocycles. The van der Waals surface area contributed by atoms with Crippen molar-refractivity contribution in [2.24, 2.45) is 5.41 Å². The van der Waals surface area contributed by atoms with E-state index in [9.17, 15) is 9.90 Å². The first-order valence-electron chi connectivity index (χ1n) is 11.8. The van der Waals surface area contributed by atoms with Crippen LogP contribution in [0.25, 0.3) is 44.6 Å². The van der Waals surface area contributed by atoms with Crippen molar-refractivity contribution in [1.29, 1.82) is 0 Å². The minimum atomic E-state index is -0.995. The number of benzene rings is 2. The molecule has 0 saturated heterocycles. The molecule has 5 aromatic rings. The Balaban J connectivity index is 1.76. The fourth-order valence-corrected chi connectivity index (χ4v) is 4.74. The monoisotopic (exact) mass is 533 g/mol. The summed E-state index contributed by atoms with van der Waals surface area (Å²) in [5, 5.41) is 19.6. The van der Waals surface area contributed by atoms with Gasteiger partial charge in [0.2, 0.25) is 5.71 Å². The lowest BCUT2D eigenvalue weighted by molar-refractivity contribution is 0.0438. The summed E-state index contributed by atoms with van der Waals surface area (Å²) in [7, 11) is 0. The number of nitrogens with one attached hydrogen (secondary N) is 1. The zero-order valence-electron chi connectivity index (χ0n) is 20.8. The number of aromatic amines is 1. The summed E-state index contributed by atoms with van der Waals surface area (Å²) in [4.78, 5) is 17.0. The average molecular weight is 534 g/mol. The van der Waals surface area contributed by atoms with Crippen molar-refractivity contribution in [3.05, 3.63) is 81.8 Å². The van der Waals surface area contributed by atoms with E-state index in [1.807, 2.05) is 64.1 Å². The van der Waals surface area contributed by atoms with Crippen LogP contribution in [-0.4, -0.2) is 26.6 Å². The molecule has 0 spiro atoms. The van der Waals surface area contributed by atoms with Crippen molar-refractivity contribution in [2.75, 3.05) is 0 Å². The van der Waals surface area contributed by atoms with E-state index < -0.39 is 11.5 Å². The summed E-state index contributed by atoms with van der Waals surface area (Å²) < 4.78 is 6.02. The highest BCUT2D eigenvalue weighted by molar-refractivity contribution is 6.34. The van der Waals surface area contributed by atoms with E-state index >= 15 is 0 Å². The van der Waals surface area contributed by atoms with Crippen LogP contribution in [0, 0.1) is 12.3 Å². The second-order valence-electron chi connectivity index (χ2n) is 10.1. The Bertz CT molecular complexity index is 1630. The Kier molecular flexibility index (Phi) is 6.44. The number of halogens is 2. The Morgan fingerprint density at radius 1 is 1.00 bits per heavy atom. The van der Waals surface area contributed by atoms with Crippen LogP contribution in [-0.2, 0) is 0 Å². The minimum absolute atomic E-state index is 0.195. The SMILES string of the molecule is Cc1[nH]ncc1-c1ccc(-c2nc3oc(C(O)C(C)(C)C)c(C=O)c3cc2-c2ccc(Cl)cc2)c(Cl)c1. The standard InChI is InChI=1S/C29H25Cl2N3O3/c1-15-22(13-32-34-15)17-7-10-19(24(31)11-17)25-20(16-5-8-18(30)9-6-16)12-21-23(14-35)26(37-28(21)33-25)27(36)29(2,3)4/h5-14,27,36H,1-4H3,(H,32,34). The van der Waals surface area contributed by atoms with Gasteiger partial charge < -0.3 is 9.52 Å². The van der Waals surface area contributed by atoms with Crippen LogP contribution in [0.3, 0.4) is 0 Å². The molecule has 2 N–H and O–H groups in total. The van der Waals surface area contributed by atoms with Crippen LogP contribution in [0.5, 0.6) is 0 Å². The second-order valence-corrected chi connectivity index (χ2v) is 11.0. The molecule has 0 aliphatic rings. The molecule has 5 rings (SSSR count). The van der Waals surface area contributed by atoms with Crippen molar-refractivity contribution >= 4 is 40.6 Å². The first-order chi connectivity index (χ1) is 17.6. The number of furan rings is 1. The van der Waals surface area contributed by atoms with E-state index in [0.29, 0.717) is 33.0 Å². The summed E-state index contributed by atoms with van der Waals surface area (Å²) in [5.74, 6) is 0.195. The molecule has 0 amide bonds. The first kappa shape index (κ1) is 25.2. The number of carbonyl (C=O) groups is 1. The third kappa shape index (κ3) is 4.57. The lowest BCUT2D eigenvalue weighted by Gasteiger charge is -2.24. The van der Waals surface area contributed by atoms with Gasteiger partial charge in [-0.15, -0.1) is 0 Å². The van der Waals surface area contributed by atoms with Gasteiger partial charge in [0.15, 0.2) is 6.29 Å². The maximum Gasteiger partial charge on any atom is 0.227 e. The second kappa shape index (κ2) is 9.45. The molecule has 37 heavy (non-hydrogen) atoms. The maximum atomic E-state index is 12.2. The molecule has 8 heteroatoms. The maximum absolute atomic E-state index is 12.2. The first-order valence-corrected chi connectivity index (χ1v) is 12.5. The van der Waals surface area contributed by atoms with Crippen molar-refractivity contribution < 1.29 is 14.3 Å².